The second-order valence-electron chi connectivity index (χ2n) is 3.63. The Morgan fingerprint density at radius 3 is 2.94 bits per heavy atom. The molecule has 0 saturated heterocycles. The Labute approximate surface area is 99.0 Å². The van der Waals surface area contributed by atoms with Crippen molar-refractivity contribution in [3.63, 3.8) is 0 Å². The van der Waals surface area contributed by atoms with Gasteiger partial charge >= 0.3 is 5.97 Å². The van der Waals surface area contributed by atoms with Crippen LogP contribution in [0.25, 0.3) is 0 Å². The van der Waals surface area contributed by atoms with E-state index in [0.717, 1.165) is 5.01 Å². The molecule has 1 heterocycles. The molecule has 1 aromatic heterocycles. The van der Waals surface area contributed by atoms with E-state index in [4.69, 9.17) is 5.11 Å². The monoisotopic (exact) mass is 240 g/mol. The van der Waals surface area contributed by atoms with Crippen LogP contribution in [0.15, 0.2) is 17.8 Å². The lowest BCUT2D eigenvalue weighted by Gasteiger charge is -2.08. The van der Waals surface area contributed by atoms with Gasteiger partial charge in [-0.25, -0.2) is 9.78 Å². The Hall–Kier alpha value is -1.20. The van der Waals surface area contributed by atoms with Gasteiger partial charge in [-0.2, -0.15) is 0 Å². The average Bonchev–Trinajstić information content (AvgIpc) is 2.64. The van der Waals surface area contributed by atoms with Crippen LogP contribution in [0.4, 0.5) is 0 Å². The Balaban J connectivity index is 2.44. The smallest absolute Gasteiger partial charge is 0.330 e. The normalized spacial score (nSPS) is 13.8. The molecule has 1 unspecified atom stereocenters. The van der Waals surface area contributed by atoms with Crippen molar-refractivity contribution in [1.29, 1.82) is 0 Å². The molecule has 0 saturated carbocycles. The van der Waals surface area contributed by atoms with Gasteiger partial charge in [0, 0.05) is 23.2 Å². The van der Waals surface area contributed by atoms with Gasteiger partial charge in [-0.3, -0.25) is 0 Å². The van der Waals surface area contributed by atoms with Crippen LogP contribution < -0.4 is 5.32 Å². The van der Waals surface area contributed by atoms with Crippen molar-refractivity contribution in [2.75, 3.05) is 6.54 Å². The van der Waals surface area contributed by atoms with E-state index in [1.165, 1.54) is 4.88 Å². The zero-order valence-electron chi connectivity index (χ0n) is 9.65. The summed E-state index contributed by atoms with van der Waals surface area (Å²) in [4.78, 5) is 16.0. The van der Waals surface area contributed by atoms with Gasteiger partial charge in [0.15, 0.2) is 0 Å². The fourth-order valence-electron chi connectivity index (χ4n) is 1.14. The summed E-state index contributed by atoms with van der Waals surface area (Å²) in [5.74, 6) is -0.875. The fourth-order valence-corrected chi connectivity index (χ4v) is 1.94. The van der Waals surface area contributed by atoms with Crippen LogP contribution in [0.1, 0.15) is 29.8 Å². The lowest BCUT2D eigenvalue weighted by molar-refractivity contribution is -0.132. The van der Waals surface area contributed by atoms with Gasteiger partial charge in [0.1, 0.15) is 5.01 Å². The molecule has 0 amide bonds. The van der Waals surface area contributed by atoms with Gasteiger partial charge in [0.2, 0.25) is 0 Å². The number of carboxylic acid groups (broad SMARTS) is 1. The third kappa shape index (κ3) is 3.75. The zero-order valence-corrected chi connectivity index (χ0v) is 10.5. The topological polar surface area (TPSA) is 62.2 Å². The van der Waals surface area contributed by atoms with E-state index < -0.39 is 5.97 Å². The molecular formula is C11H16N2O2S. The first-order valence-corrected chi connectivity index (χ1v) is 5.88. The molecule has 0 radical (unpaired) electrons. The molecule has 1 aromatic rings. The first kappa shape index (κ1) is 12.9. The van der Waals surface area contributed by atoms with Gasteiger partial charge in [-0.15, -0.1) is 11.3 Å². The number of aromatic nitrogens is 1. The molecular weight excluding hydrogens is 224 g/mol. The van der Waals surface area contributed by atoms with E-state index in [9.17, 15) is 4.79 Å². The number of nitrogens with one attached hydrogen (secondary N) is 1. The molecule has 1 rings (SSSR count). The summed E-state index contributed by atoms with van der Waals surface area (Å²) in [6.45, 7) is 6.16. The molecule has 0 aliphatic rings. The minimum atomic E-state index is -0.875. The molecule has 2 N–H and O–H groups in total. The zero-order chi connectivity index (χ0) is 12.1. The third-order valence-corrected chi connectivity index (χ3v) is 3.27. The number of hydrogen-bond donors (Lipinski definition) is 2. The predicted molar refractivity (Wildman–Crippen MR) is 64.7 cm³/mol. The highest BCUT2D eigenvalue weighted by atomic mass is 32.1. The highest BCUT2D eigenvalue weighted by Crippen LogP contribution is 2.18. The molecule has 4 nitrogen and oxygen atoms in total. The molecule has 16 heavy (non-hydrogen) atoms. The predicted octanol–water partition coefficient (Wildman–Crippen LogP) is 2.13. The van der Waals surface area contributed by atoms with E-state index >= 15 is 0 Å². The van der Waals surface area contributed by atoms with Gasteiger partial charge in [-0.1, -0.05) is 6.08 Å². The van der Waals surface area contributed by atoms with Crippen molar-refractivity contribution in [1.82, 2.24) is 10.3 Å². The second kappa shape index (κ2) is 5.77. The van der Waals surface area contributed by atoms with Crippen molar-refractivity contribution in [2.45, 2.75) is 26.8 Å². The van der Waals surface area contributed by atoms with Crippen molar-refractivity contribution in [3.05, 3.63) is 27.7 Å². The summed E-state index contributed by atoms with van der Waals surface area (Å²) >= 11 is 1.65. The quantitative estimate of drug-likeness (QED) is 0.774. The van der Waals surface area contributed by atoms with Crippen LogP contribution in [0, 0.1) is 6.92 Å². The van der Waals surface area contributed by atoms with Gasteiger partial charge in [0.25, 0.3) is 0 Å². The van der Waals surface area contributed by atoms with Crippen LogP contribution in [0.2, 0.25) is 0 Å². The second-order valence-corrected chi connectivity index (χ2v) is 4.90. The molecule has 1 atom stereocenters. The van der Waals surface area contributed by atoms with Gasteiger partial charge in [-0.05, 0) is 20.8 Å². The van der Waals surface area contributed by atoms with Crippen molar-refractivity contribution < 1.29 is 9.90 Å². The summed E-state index contributed by atoms with van der Waals surface area (Å²) < 4.78 is 0. The fraction of sp³-hybridized carbons (Fsp3) is 0.455. The first-order valence-electron chi connectivity index (χ1n) is 5.06. The Kier molecular flexibility index (Phi) is 4.64. The summed E-state index contributed by atoms with van der Waals surface area (Å²) in [5.41, 5.74) is 0.356. The number of nitrogens with zero attached hydrogens (tertiary/aromatic N) is 1. The van der Waals surface area contributed by atoms with Crippen LogP contribution in [0.3, 0.4) is 0 Å². The summed E-state index contributed by atoms with van der Waals surface area (Å²) in [5, 5.41) is 12.9. The van der Waals surface area contributed by atoms with Gasteiger partial charge < -0.3 is 10.4 Å². The average molecular weight is 240 g/mol. The van der Waals surface area contributed by atoms with E-state index in [1.54, 1.807) is 24.3 Å². The minimum Gasteiger partial charge on any atom is -0.478 e. The molecule has 0 aliphatic heterocycles. The number of rotatable bonds is 5. The highest BCUT2D eigenvalue weighted by Gasteiger charge is 2.07. The van der Waals surface area contributed by atoms with Crippen molar-refractivity contribution in [2.24, 2.45) is 0 Å². The van der Waals surface area contributed by atoms with Crippen LogP contribution >= 0.6 is 11.3 Å². The first-order chi connectivity index (χ1) is 7.50. The molecule has 5 heteroatoms. The summed E-state index contributed by atoms with van der Waals surface area (Å²) in [6.07, 6.45) is 3.51. The summed E-state index contributed by atoms with van der Waals surface area (Å²) in [7, 11) is 0. The number of carbonyl (C=O) groups is 1. The Bertz CT molecular complexity index is 398. The van der Waals surface area contributed by atoms with Crippen LogP contribution in [-0.4, -0.2) is 22.6 Å². The minimum absolute atomic E-state index is 0.150. The molecule has 0 spiro atoms. The van der Waals surface area contributed by atoms with E-state index in [2.05, 4.69) is 10.3 Å². The van der Waals surface area contributed by atoms with E-state index in [-0.39, 0.29) is 6.04 Å². The number of aryl methyl sites for hydroxylation is 1. The largest absolute Gasteiger partial charge is 0.478 e. The maximum Gasteiger partial charge on any atom is 0.330 e. The standard InChI is InChI=1S/C11H16N2O2S/c1-7(11(14)15)4-5-12-9(3)10-13-6-8(2)16-10/h4,6,9,12H,5H2,1-3H3,(H,14,15)/b7-4-. The molecule has 0 aliphatic carbocycles. The van der Waals surface area contributed by atoms with E-state index in [0.29, 0.717) is 12.1 Å². The lowest BCUT2D eigenvalue weighted by Crippen LogP contribution is -2.19. The lowest BCUT2D eigenvalue weighted by atomic mass is 10.3. The van der Waals surface area contributed by atoms with E-state index in [1.807, 2.05) is 20.0 Å². The number of aliphatic carboxylic acids is 1. The number of thiazole rings is 1. The maximum atomic E-state index is 10.5. The van der Waals surface area contributed by atoms with Gasteiger partial charge in [0.05, 0.1) is 6.04 Å². The highest BCUT2D eigenvalue weighted by molar-refractivity contribution is 7.11. The summed E-state index contributed by atoms with van der Waals surface area (Å²) in [6, 6.07) is 0.150. The molecule has 0 bridgehead atoms. The molecule has 88 valence electrons. The van der Waals surface area contributed by atoms with Crippen molar-refractivity contribution >= 4 is 17.3 Å². The number of carboxylic acids is 1. The Morgan fingerprint density at radius 1 is 1.75 bits per heavy atom. The SMILES string of the molecule is C/C(=C/CNC(C)c1ncc(C)s1)C(=O)O. The van der Waals surface area contributed by atoms with Crippen LogP contribution in [0.5, 0.6) is 0 Å². The maximum absolute atomic E-state index is 10.5. The van der Waals surface area contributed by atoms with Crippen molar-refractivity contribution in [3.8, 4) is 0 Å². The molecule has 0 aromatic carbocycles. The van der Waals surface area contributed by atoms with Crippen LogP contribution in [-0.2, 0) is 4.79 Å². The third-order valence-electron chi connectivity index (χ3n) is 2.18. The number of hydrogen-bond acceptors (Lipinski definition) is 4. The Morgan fingerprint density at radius 2 is 2.44 bits per heavy atom. The molecule has 0 fully saturated rings.